The number of anilines is 1. The van der Waals surface area contributed by atoms with Crippen molar-refractivity contribution in [3.05, 3.63) is 39.3 Å². The summed E-state index contributed by atoms with van der Waals surface area (Å²) in [5.74, 6) is 0.320. The number of hydrogen-bond donors (Lipinski definition) is 2. The zero-order valence-electron chi connectivity index (χ0n) is 11.7. The predicted molar refractivity (Wildman–Crippen MR) is 89.4 cm³/mol. The van der Waals surface area contributed by atoms with Gasteiger partial charge in [-0.05, 0) is 67.1 Å². The van der Waals surface area contributed by atoms with Crippen LogP contribution < -0.4 is 10.0 Å². The number of aryl methyl sites for hydroxylation is 1. The Morgan fingerprint density at radius 1 is 1.29 bits per heavy atom. The number of likely N-dealkylation sites (N-methyl/N-ethyl adjacent to an activating group) is 1. The summed E-state index contributed by atoms with van der Waals surface area (Å²) in [6.07, 6.45) is 0.812. The molecule has 0 aliphatic heterocycles. The molecule has 0 fully saturated rings. The summed E-state index contributed by atoms with van der Waals surface area (Å²) in [6, 6.07) is 6.87. The molecule has 0 bridgehead atoms. The third kappa shape index (κ3) is 4.26. The zero-order valence-corrected chi connectivity index (χ0v) is 14.9. The second kappa shape index (κ2) is 6.87. The van der Waals surface area contributed by atoms with E-state index < -0.39 is 10.0 Å². The van der Waals surface area contributed by atoms with Crippen LogP contribution in [0.15, 0.2) is 32.9 Å². The summed E-state index contributed by atoms with van der Waals surface area (Å²) >= 11 is 4.62. The lowest BCUT2D eigenvalue weighted by molar-refractivity contribution is 0.603. The molecular formula is C13H16BrN3O2S2. The van der Waals surface area contributed by atoms with E-state index in [1.807, 2.05) is 20.0 Å². The highest BCUT2D eigenvalue weighted by atomic mass is 79.9. The van der Waals surface area contributed by atoms with E-state index in [0.717, 1.165) is 28.0 Å². The molecule has 2 aromatic rings. The maximum absolute atomic E-state index is 12.3. The quantitative estimate of drug-likeness (QED) is 0.796. The van der Waals surface area contributed by atoms with Crippen molar-refractivity contribution in [1.82, 2.24) is 10.3 Å². The number of sulfonamides is 1. The molecule has 8 heteroatoms. The molecule has 21 heavy (non-hydrogen) atoms. The minimum Gasteiger partial charge on any atom is -0.319 e. The molecular weight excluding hydrogens is 374 g/mol. The number of hydrogen-bond acceptors (Lipinski definition) is 5. The van der Waals surface area contributed by atoms with Crippen LogP contribution in [-0.2, 0) is 16.4 Å². The third-order valence-corrected chi connectivity index (χ3v) is 6.61. The topological polar surface area (TPSA) is 71.1 Å². The molecule has 2 rings (SSSR count). The molecule has 0 saturated heterocycles. The van der Waals surface area contributed by atoms with Gasteiger partial charge in [0.25, 0.3) is 10.0 Å². The van der Waals surface area contributed by atoms with Crippen molar-refractivity contribution in [2.75, 3.05) is 18.3 Å². The molecule has 5 nitrogen and oxygen atoms in total. The van der Waals surface area contributed by atoms with E-state index in [0.29, 0.717) is 10.0 Å². The lowest BCUT2D eigenvalue weighted by atomic mass is 10.3. The van der Waals surface area contributed by atoms with Gasteiger partial charge in [-0.2, -0.15) is 0 Å². The van der Waals surface area contributed by atoms with Crippen molar-refractivity contribution in [2.24, 2.45) is 0 Å². The Labute approximate surface area is 137 Å². The molecule has 2 N–H and O–H groups in total. The van der Waals surface area contributed by atoms with E-state index in [9.17, 15) is 8.42 Å². The van der Waals surface area contributed by atoms with E-state index in [1.54, 1.807) is 18.2 Å². The number of nitrogens with zero attached hydrogens (tertiary/aromatic N) is 1. The molecule has 0 unspecified atom stereocenters. The lowest BCUT2D eigenvalue weighted by Gasteiger charge is -2.06. The van der Waals surface area contributed by atoms with Crippen LogP contribution in [0.25, 0.3) is 0 Å². The first-order valence-corrected chi connectivity index (χ1v) is 9.41. The van der Waals surface area contributed by atoms with E-state index >= 15 is 0 Å². The first kappa shape index (κ1) is 16.4. The Morgan fingerprint density at radius 3 is 2.71 bits per heavy atom. The van der Waals surface area contributed by atoms with Gasteiger partial charge in [0.1, 0.15) is 10.0 Å². The fourth-order valence-corrected chi connectivity index (χ4v) is 4.25. The van der Waals surface area contributed by atoms with Crippen LogP contribution in [0.3, 0.4) is 0 Å². The minimum atomic E-state index is -3.58. The Kier molecular flexibility index (Phi) is 5.37. The van der Waals surface area contributed by atoms with E-state index in [1.165, 1.54) is 11.3 Å². The molecule has 0 aromatic carbocycles. The van der Waals surface area contributed by atoms with Gasteiger partial charge in [0.2, 0.25) is 0 Å². The number of aromatic nitrogens is 1. The standard InChI is InChI=1S/C13H16BrN3O2S2/c1-9-11(14)4-5-12(16-9)17-21(18,19)13-6-3-10(20-13)7-8-15-2/h3-6,15H,7-8H2,1-2H3,(H,16,17). The van der Waals surface area contributed by atoms with Crippen molar-refractivity contribution < 1.29 is 8.42 Å². The van der Waals surface area contributed by atoms with Crippen molar-refractivity contribution >= 4 is 43.1 Å². The largest absolute Gasteiger partial charge is 0.319 e. The normalized spacial score (nSPS) is 11.6. The summed E-state index contributed by atoms with van der Waals surface area (Å²) in [5.41, 5.74) is 0.732. The summed E-state index contributed by atoms with van der Waals surface area (Å²) in [5, 5.41) is 3.04. The van der Waals surface area contributed by atoms with E-state index in [2.05, 4.69) is 31.0 Å². The number of thiophene rings is 1. The van der Waals surface area contributed by atoms with Gasteiger partial charge in [0.05, 0.1) is 5.69 Å². The van der Waals surface area contributed by atoms with Gasteiger partial charge < -0.3 is 5.32 Å². The highest BCUT2D eigenvalue weighted by Crippen LogP contribution is 2.24. The SMILES string of the molecule is CNCCc1ccc(S(=O)(=O)Nc2ccc(Br)c(C)n2)s1. The summed E-state index contributed by atoms with van der Waals surface area (Å²) in [7, 11) is -1.71. The minimum absolute atomic E-state index is 0.302. The van der Waals surface area contributed by atoms with Crippen LogP contribution in [0.4, 0.5) is 5.82 Å². The van der Waals surface area contributed by atoms with Crippen LogP contribution >= 0.6 is 27.3 Å². The first-order valence-electron chi connectivity index (χ1n) is 6.31. The van der Waals surface area contributed by atoms with Crippen molar-refractivity contribution in [1.29, 1.82) is 0 Å². The number of pyridine rings is 1. The van der Waals surface area contributed by atoms with Gasteiger partial charge in [0, 0.05) is 9.35 Å². The fourth-order valence-electron chi connectivity index (χ4n) is 1.67. The van der Waals surface area contributed by atoms with Gasteiger partial charge in [-0.15, -0.1) is 11.3 Å². The molecule has 2 aromatic heterocycles. The molecule has 0 amide bonds. The number of rotatable bonds is 6. The Balaban J connectivity index is 2.17. The van der Waals surface area contributed by atoms with Gasteiger partial charge >= 0.3 is 0 Å². The fraction of sp³-hybridized carbons (Fsp3) is 0.308. The second-order valence-electron chi connectivity index (χ2n) is 4.44. The third-order valence-electron chi connectivity index (χ3n) is 2.78. The second-order valence-corrected chi connectivity index (χ2v) is 8.38. The van der Waals surface area contributed by atoms with Gasteiger partial charge in [-0.3, -0.25) is 4.72 Å². The number of halogens is 1. The lowest BCUT2D eigenvalue weighted by Crippen LogP contribution is -2.13. The van der Waals surface area contributed by atoms with Crippen LogP contribution in [0, 0.1) is 6.92 Å². The van der Waals surface area contributed by atoms with Crippen LogP contribution in [0.5, 0.6) is 0 Å². The van der Waals surface area contributed by atoms with Crippen molar-refractivity contribution in [2.45, 2.75) is 17.6 Å². The summed E-state index contributed by atoms with van der Waals surface area (Å²) in [6.45, 7) is 2.63. The molecule has 114 valence electrons. The molecule has 0 saturated carbocycles. The van der Waals surface area contributed by atoms with E-state index in [4.69, 9.17) is 0 Å². The van der Waals surface area contributed by atoms with Crippen molar-refractivity contribution in [3.63, 3.8) is 0 Å². The highest BCUT2D eigenvalue weighted by Gasteiger charge is 2.17. The van der Waals surface area contributed by atoms with Crippen LogP contribution in [0.1, 0.15) is 10.6 Å². The Bertz CT molecular complexity index is 729. The molecule has 0 aliphatic carbocycles. The highest BCUT2D eigenvalue weighted by molar-refractivity contribution is 9.10. The predicted octanol–water partition coefficient (Wildman–Crippen LogP) is 2.78. The maximum atomic E-state index is 12.3. The van der Waals surface area contributed by atoms with Crippen LogP contribution in [0.2, 0.25) is 0 Å². The molecule has 0 atom stereocenters. The number of nitrogens with one attached hydrogen (secondary N) is 2. The monoisotopic (exact) mass is 389 g/mol. The molecule has 0 radical (unpaired) electrons. The molecule has 0 spiro atoms. The van der Waals surface area contributed by atoms with Gasteiger partial charge in [0.15, 0.2) is 0 Å². The average Bonchev–Trinajstić information content (AvgIpc) is 2.90. The van der Waals surface area contributed by atoms with Crippen LogP contribution in [-0.4, -0.2) is 27.0 Å². The Hall–Kier alpha value is -0.960. The summed E-state index contributed by atoms with van der Waals surface area (Å²) < 4.78 is 28.3. The molecule has 2 heterocycles. The van der Waals surface area contributed by atoms with Gasteiger partial charge in [-0.25, -0.2) is 13.4 Å². The summed E-state index contributed by atoms with van der Waals surface area (Å²) in [4.78, 5) is 5.23. The van der Waals surface area contributed by atoms with Crippen molar-refractivity contribution in [3.8, 4) is 0 Å². The first-order chi connectivity index (χ1) is 9.92. The smallest absolute Gasteiger partial charge is 0.272 e. The maximum Gasteiger partial charge on any atom is 0.272 e. The molecule has 0 aliphatic rings. The van der Waals surface area contributed by atoms with E-state index in [-0.39, 0.29) is 0 Å². The van der Waals surface area contributed by atoms with Gasteiger partial charge in [-0.1, -0.05) is 0 Å². The Morgan fingerprint density at radius 2 is 2.05 bits per heavy atom. The zero-order chi connectivity index (χ0) is 15.5. The average molecular weight is 390 g/mol.